The van der Waals surface area contributed by atoms with E-state index in [2.05, 4.69) is 10.5 Å². The molecular formula is C27H22Cl3N3O5S. The van der Waals surface area contributed by atoms with Gasteiger partial charge in [0, 0.05) is 11.6 Å². The summed E-state index contributed by atoms with van der Waals surface area (Å²) in [6.45, 7) is -0.295. The SMILES string of the molecule is O=C(COc1ccccc1)N/N=C\c1ccc(CN(Cc2ccc(Cl)c(Cl)c2)S(=O)(=O)c2ccc(Cl)cc2)o1. The summed E-state index contributed by atoms with van der Waals surface area (Å²) in [6.07, 6.45) is 1.31. The number of halogens is 3. The lowest BCUT2D eigenvalue weighted by molar-refractivity contribution is -0.123. The number of para-hydroxylation sites is 1. The fourth-order valence-corrected chi connectivity index (χ4v) is 5.25. The van der Waals surface area contributed by atoms with Crippen LogP contribution in [0.5, 0.6) is 5.75 Å². The Hall–Kier alpha value is -3.34. The predicted octanol–water partition coefficient (Wildman–Crippen LogP) is 6.16. The number of sulfonamides is 1. The Kier molecular flexibility index (Phi) is 9.66. The van der Waals surface area contributed by atoms with E-state index in [0.29, 0.717) is 37.9 Å². The number of carbonyl (C=O) groups excluding carboxylic acids is 1. The van der Waals surface area contributed by atoms with Gasteiger partial charge in [-0.3, -0.25) is 4.79 Å². The minimum Gasteiger partial charge on any atom is -0.484 e. The Labute approximate surface area is 240 Å². The van der Waals surface area contributed by atoms with Crippen molar-refractivity contribution in [2.45, 2.75) is 18.0 Å². The Bertz CT molecular complexity index is 1560. The summed E-state index contributed by atoms with van der Waals surface area (Å²) >= 11 is 18.1. The molecule has 0 radical (unpaired) electrons. The summed E-state index contributed by atoms with van der Waals surface area (Å²) < 4.78 is 39.4. The third-order valence-electron chi connectivity index (χ3n) is 5.30. The highest BCUT2D eigenvalue weighted by Crippen LogP contribution is 2.27. The second kappa shape index (κ2) is 13.1. The molecule has 0 fully saturated rings. The molecule has 0 saturated carbocycles. The molecule has 1 heterocycles. The van der Waals surface area contributed by atoms with Gasteiger partial charge in [0.2, 0.25) is 10.0 Å². The first kappa shape index (κ1) is 28.7. The highest BCUT2D eigenvalue weighted by molar-refractivity contribution is 7.89. The highest BCUT2D eigenvalue weighted by atomic mass is 35.5. The molecule has 202 valence electrons. The maximum absolute atomic E-state index is 13.5. The van der Waals surface area contributed by atoms with E-state index in [-0.39, 0.29) is 24.6 Å². The minimum absolute atomic E-state index is 0.00342. The lowest BCUT2D eigenvalue weighted by atomic mass is 10.2. The summed E-state index contributed by atoms with van der Waals surface area (Å²) in [5, 5.41) is 4.96. The van der Waals surface area contributed by atoms with Crippen molar-refractivity contribution in [1.29, 1.82) is 0 Å². The Morgan fingerprint density at radius 3 is 2.38 bits per heavy atom. The van der Waals surface area contributed by atoms with Gasteiger partial charge in [0.1, 0.15) is 17.3 Å². The molecule has 0 spiro atoms. The van der Waals surface area contributed by atoms with E-state index >= 15 is 0 Å². The third kappa shape index (κ3) is 8.08. The van der Waals surface area contributed by atoms with Crippen molar-refractivity contribution >= 4 is 56.9 Å². The van der Waals surface area contributed by atoms with Gasteiger partial charge in [-0.25, -0.2) is 13.8 Å². The number of hydrazone groups is 1. The molecule has 12 heteroatoms. The molecule has 8 nitrogen and oxygen atoms in total. The number of furan rings is 1. The number of benzene rings is 3. The quantitative estimate of drug-likeness (QED) is 0.163. The van der Waals surface area contributed by atoms with Crippen LogP contribution in [0.4, 0.5) is 0 Å². The molecule has 0 unspecified atom stereocenters. The van der Waals surface area contributed by atoms with Crippen LogP contribution < -0.4 is 10.2 Å². The van der Waals surface area contributed by atoms with Gasteiger partial charge in [0.15, 0.2) is 6.61 Å². The van der Waals surface area contributed by atoms with Gasteiger partial charge in [0.05, 0.1) is 27.7 Å². The number of nitrogens with one attached hydrogen (secondary N) is 1. The molecule has 1 N–H and O–H groups in total. The van der Waals surface area contributed by atoms with Crippen molar-refractivity contribution in [3.63, 3.8) is 0 Å². The van der Waals surface area contributed by atoms with Crippen LogP contribution in [0.1, 0.15) is 17.1 Å². The van der Waals surface area contributed by atoms with Crippen molar-refractivity contribution in [3.8, 4) is 5.75 Å². The molecule has 39 heavy (non-hydrogen) atoms. The lowest BCUT2D eigenvalue weighted by Gasteiger charge is -2.22. The number of hydrogen-bond acceptors (Lipinski definition) is 6. The smallest absolute Gasteiger partial charge is 0.277 e. The zero-order chi connectivity index (χ0) is 27.8. The van der Waals surface area contributed by atoms with Crippen LogP contribution >= 0.6 is 34.8 Å². The molecule has 0 aliphatic heterocycles. The van der Waals surface area contributed by atoms with E-state index < -0.39 is 15.9 Å². The van der Waals surface area contributed by atoms with Gasteiger partial charge in [-0.2, -0.15) is 9.41 Å². The zero-order valence-corrected chi connectivity index (χ0v) is 23.3. The van der Waals surface area contributed by atoms with Crippen LogP contribution in [0.2, 0.25) is 15.1 Å². The highest BCUT2D eigenvalue weighted by Gasteiger charge is 2.26. The summed E-state index contributed by atoms with van der Waals surface area (Å²) in [5.41, 5.74) is 2.98. The minimum atomic E-state index is -3.95. The van der Waals surface area contributed by atoms with E-state index in [1.54, 1.807) is 54.6 Å². The first-order valence-corrected chi connectivity index (χ1v) is 14.1. The van der Waals surface area contributed by atoms with Gasteiger partial charge in [0.25, 0.3) is 5.91 Å². The van der Waals surface area contributed by atoms with E-state index in [1.165, 1.54) is 34.8 Å². The van der Waals surface area contributed by atoms with Gasteiger partial charge in [-0.15, -0.1) is 0 Å². The first-order chi connectivity index (χ1) is 18.7. The van der Waals surface area contributed by atoms with Crippen molar-refractivity contribution in [2.75, 3.05) is 6.61 Å². The molecule has 4 aromatic rings. The normalized spacial score (nSPS) is 11.7. The third-order valence-corrected chi connectivity index (χ3v) is 8.10. The largest absolute Gasteiger partial charge is 0.484 e. The molecule has 1 amide bonds. The second-order valence-electron chi connectivity index (χ2n) is 8.17. The second-order valence-corrected chi connectivity index (χ2v) is 11.4. The summed E-state index contributed by atoms with van der Waals surface area (Å²) in [5.74, 6) is 0.774. The van der Waals surface area contributed by atoms with Crippen LogP contribution in [0, 0.1) is 0 Å². The van der Waals surface area contributed by atoms with Gasteiger partial charge in [-0.1, -0.05) is 59.1 Å². The van der Waals surface area contributed by atoms with Crippen LogP contribution in [0.3, 0.4) is 0 Å². The molecule has 0 saturated heterocycles. The molecule has 0 aliphatic rings. The van der Waals surface area contributed by atoms with Crippen molar-refractivity contribution in [3.05, 3.63) is 117 Å². The lowest BCUT2D eigenvalue weighted by Crippen LogP contribution is -2.30. The summed E-state index contributed by atoms with van der Waals surface area (Å²) in [4.78, 5) is 12.0. The molecule has 0 bridgehead atoms. The van der Waals surface area contributed by atoms with E-state index in [4.69, 9.17) is 44.0 Å². The van der Waals surface area contributed by atoms with E-state index in [0.717, 1.165) is 0 Å². The molecule has 3 aromatic carbocycles. The Morgan fingerprint density at radius 1 is 0.923 bits per heavy atom. The van der Waals surface area contributed by atoms with E-state index in [1.807, 2.05) is 6.07 Å². The number of hydrogen-bond donors (Lipinski definition) is 1. The molecular weight excluding hydrogens is 585 g/mol. The number of nitrogens with zero attached hydrogens (tertiary/aromatic N) is 2. The van der Waals surface area contributed by atoms with Gasteiger partial charge in [-0.05, 0) is 66.2 Å². The first-order valence-electron chi connectivity index (χ1n) is 11.5. The average molecular weight is 607 g/mol. The van der Waals surface area contributed by atoms with Crippen LogP contribution in [-0.4, -0.2) is 31.5 Å². The average Bonchev–Trinajstić information content (AvgIpc) is 3.37. The predicted molar refractivity (Wildman–Crippen MR) is 151 cm³/mol. The molecule has 0 aliphatic carbocycles. The van der Waals surface area contributed by atoms with Crippen LogP contribution in [0.25, 0.3) is 0 Å². The Balaban J connectivity index is 1.45. The summed E-state index contributed by atoms with van der Waals surface area (Å²) in [7, 11) is -3.95. The molecule has 1 aromatic heterocycles. The van der Waals surface area contributed by atoms with E-state index in [9.17, 15) is 13.2 Å². The molecule has 0 atom stereocenters. The maximum Gasteiger partial charge on any atom is 0.277 e. The fourth-order valence-electron chi connectivity index (χ4n) is 3.41. The van der Waals surface area contributed by atoms with Crippen molar-refractivity contribution < 1.29 is 22.4 Å². The number of carbonyl (C=O) groups is 1. The van der Waals surface area contributed by atoms with Crippen molar-refractivity contribution in [2.24, 2.45) is 5.10 Å². The van der Waals surface area contributed by atoms with Gasteiger partial charge >= 0.3 is 0 Å². The number of ether oxygens (including phenoxy) is 1. The van der Waals surface area contributed by atoms with Crippen LogP contribution in [0.15, 0.2) is 99.3 Å². The number of amides is 1. The summed E-state index contributed by atoms with van der Waals surface area (Å²) in [6, 6.07) is 22.9. The number of rotatable bonds is 11. The zero-order valence-electron chi connectivity index (χ0n) is 20.3. The maximum atomic E-state index is 13.5. The van der Waals surface area contributed by atoms with Crippen LogP contribution in [-0.2, 0) is 27.9 Å². The topological polar surface area (TPSA) is 101 Å². The standard InChI is InChI=1S/C27H22Cl3N3O5S/c28-20-7-11-24(12-8-20)39(35,36)33(16-19-6-13-25(29)26(30)14-19)17-23-10-9-22(38-23)15-31-32-27(34)18-37-21-4-2-1-3-5-21/h1-15H,16-18H2,(H,32,34)/b31-15-. The Morgan fingerprint density at radius 2 is 1.67 bits per heavy atom. The van der Waals surface area contributed by atoms with Gasteiger partial charge < -0.3 is 9.15 Å². The fraction of sp³-hybridized carbons (Fsp3) is 0.111. The monoisotopic (exact) mass is 605 g/mol. The molecule has 4 rings (SSSR count). The van der Waals surface area contributed by atoms with Crippen molar-refractivity contribution in [1.82, 2.24) is 9.73 Å².